The molecule has 0 spiro atoms. The average molecular weight is 410 g/mol. The van der Waals surface area contributed by atoms with E-state index in [4.69, 9.17) is 4.74 Å². The Hall–Kier alpha value is -2.41. The average Bonchev–Trinajstić information content (AvgIpc) is 3.07. The lowest BCUT2D eigenvalue weighted by Crippen LogP contribution is -2.49. The van der Waals surface area contributed by atoms with Crippen molar-refractivity contribution in [3.63, 3.8) is 0 Å². The maximum absolute atomic E-state index is 12.6. The summed E-state index contributed by atoms with van der Waals surface area (Å²) in [6.45, 7) is 5.05. The minimum Gasteiger partial charge on any atom is -0.448 e. The van der Waals surface area contributed by atoms with Gasteiger partial charge < -0.3 is 19.6 Å². The van der Waals surface area contributed by atoms with E-state index in [1.54, 1.807) is 7.05 Å². The number of nitrogens with zero attached hydrogens (tertiary/aromatic N) is 3. The molecule has 2 aliphatic rings. The van der Waals surface area contributed by atoms with Gasteiger partial charge in [-0.3, -0.25) is 4.90 Å². The van der Waals surface area contributed by atoms with Crippen molar-refractivity contribution in [2.75, 3.05) is 60.0 Å². The number of aliphatic hydroxyl groups is 1. The summed E-state index contributed by atoms with van der Waals surface area (Å²) >= 11 is 0. The zero-order valence-electron chi connectivity index (χ0n) is 17.8. The van der Waals surface area contributed by atoms with Crippen LogP contribution >= 0.6 is 0 Å². The maximum atomic E-state index is 12.6. The Kier molecular flexibility index (Phi) is 6.37. The lowest BCUT2D eigenvalue weighted by molar-refractivity contribution is 0.0512. The summed E-state index contributed by atoms with van der Waals surface area (Å²) in [6.07, 6.45) is -0.979. The van der Waals surface area contributed by atoms with E-state index >= 15 is 0 Å². The molecule has 6 heteroatoms. The van der Waals surface area contributed by atoms with Crippen LogP contribution in [0.25, 0.3) is 11.1 Å². The predicted octanol–water partition coefficient (Wildman–Crippen LogP) is 2.48. The number of likely N-dealkylation sites (N-methyl/N-ethyl adjacent to an activating group) is 2. The van der Waals surface area contributed by atoms with Crippen LogP contribution in [-0.2, 0) is 4.74 Å². The van der Waals surface area contributed by atoms with E-state index < -0.39 is 12.2 Å². The van der Waals surface area contributed by atoms with E-state index in [1.807, 2.05) is 24.3 Å². The molecule has 4 rings (SSSR count). The first-order valence-corrected chi connectivity index (χ1v) is 10.7. The van der Waals surface area contributed by atoms with E-state index in [0.29, 0.717) is 13.2 Å². The molecule has 1 atom stereocenters. The van der Waals surface area contributed by atoms with Gasteiger partial charge in [0.15, 0.2) is 0 Å². The predicted molar refractivity (Wildman–Crippen MR) is 118 cm³/mol. The molecule has 1 aliphatic heterocycles. The topological polar surface area (TPSA) is 56.2 Å². The highest BCUT2D eigenvalue weighted by atomic mass is 16.6. The van der Waals surface area contributed by atoms with Crippen molar-refractivity contribution in [2.24, 2.45) is 0 Å². The van der Waals surface area contributed by atoms with Gasteiger partial charge in [0.2, 0.25) is 0 Å². The molecule has 1 saturated heterocycles. The molecule has 1 N–H and O–H groups in total. The molecule has 0 saturated carbocycles. The van der Waals surface area contributed by atoms with E-state index in [9.17, 15) is 9.90 Å². The summed E-state index contributed by atoms with van der Waals surface area (Å²) in [6, 6.07) is 16.6. The van der Waals surface area contributed by atoms with Crippen LogP contribution in [0, 0.1) is 0 Å². The third-order valence-electron chi connectivity index (χ3n) is 6.20. The normalized spacial score (nSPS) is 18.0. The van der Waals surface area contributed by atoms with Crippen molar-refractivity contribution in [1.29, 1.82) is 0 Å². The van der Waals surface area contributed by atoms with Crippen molar-refractivity contribution in [3.8, 4) is 11.1 Å². The summed E-state index contributed by atoms with van der Waals surface area (Å²) in [5.74, 6) is 0.0463. The fourth-order valence-electron chi connectivity index (χ4n) is 4.48. The van der Waals surface area contributed by atoms with Gasteiger partial charge in [0.1, 0.15) is 6.61 Å². The number of fused-ring (bicyclic) bond motifs is 3. The Morgan fingerprint density at radius 3 is 2.23 bits per heavy atom. The Labute approximate surface area is 178 Å². The number of benzene rings is 2. The molecule has 1 amide bonds. The molecule has 1 unspecified atom stereocenters. The van der Waals surface area contributed by atoms with Crippen LogP contribution in [0.2, 0.25) is 0 Å². The monoisotopic (exact) mass is 409 g/mol. The molecule has 0 aromatic heterocycles. The Balaban J connectivity index is 1.31. The second kappa shape index (κ2) is 9.16. The Morgan fingerprint density at radius 2 is 1.63 bits per heavy atom. The highest BCUT2D eigenvalue weighted by molar-refractivity contribution is 5.79. The molecule has 2 aromatic carbocycles. The number of carbonyl (C=O) groups is 1. The third kappa shape index (κ3) is 4.51. The zero-order chi connectivity index (χ0) is 21.1. The molecular formula is C24H31N3O3. The standard InChI is InChI=1S/C24H31N3O3/c1-25-11-13-27(14-12-25)16-18(28)15-26(2)24(29)30-17-23-21-9-5-3-7-19(21)20-8-4-6-10-22(20)23/h3-10,18,23,28H,11-17H2,1-2H3. The van der Waals surface area contributed by atoms with Gasteiger partial charge in [0.25, 0.3) is 0 Å². The molecule has 6 nitrogen and oxygen atoms in total. The largest absolute Gasteiger partial charge is 0.448 e. The minimum absolute atomic E-state index is 0.0463. The number of rotatable bonds is 6. The second-order valence-electron chi connectivity index (χ2n) is 8.44. The minimum atomic E-state index is -0.584. The molecule has 2 aromatic rings. The fourth-order valence-corrected chi connectivity index (χ4v) is 4.48. The number of carbonyl (C=O) groups excluding carboxylic acids is 1. The van der Waals surface area contributed by atoms with E-state index in [1.165, 1.54) is 27.2 Å². The van der Waals surface area contributed by atoms with Crippen LogP contribution in [0.15, 0.2) is 48.5 Å². The van der Waals surface area contributed by atoms with Crippen LogP contribution < -0.4 is 0 Å². The summed E-state index contributed by atoms with van der Waals surface area (Å²) in [4.78, 5) is 18.6. The summed E-state index contributed by atoms with van der Waals surface area (Å²) in [5, 5.41) is 10.4. The van der Waals surface area contributed by atoms with Crippen molar-refractivity contribution < 1.29 is 14.6 Å². The van der Waals surface area contributed by atoms with Crippen molar-refractivity contribution in [2.45, 2.75) is 12.0 Å². The molecule has 1 heterocycles. The van der Waals surface area contributed by atoms with Gasteiger partial charge in [0.05, 0.1) is 12.6 Å². The molecule has 0 radical (unpaired) electrons. The number of amides is 1. The van der Waals surface area contributed by atoms with Gasteiger partial charge in [-0.15, -0.1) is 0 Å². The number of piperazine rings is 1. The maximum Gasteiger partial charge on any atom is 0.409 e. The van der Waals surface area contributed by atoms with Crippen LogP contribution in [0.5, 0.6) is 0 Å². The van der Waals surface area contributed by atoms with E-state index in [2.05, 4.69) is 41.1 Å². The van der Waals surface area contributed by atoms with Crippen LogP contribution in [0.1, 0.15) is 17.0 Å². The van der Waals surface area contributed by atoms with Gasteiger partial charge in [-0.1, -0.05) is 48.5 Å². The van der Waals surface area contributed by atoms with E-state index in [0.717, 1.165) is 26.2 Å². The smallest absolute Gasteiger partial charge is 0.409 e. The van der Waals surface area contributed by atoms with Crippen LogP contribution in [0.3, 0.4) is 0 Å². The van der Waals surface area contributed by atoms with Crippen molar-refractivity contribution in [1.82, 2.24) is 14.7 Å². The molecule has 0 bridgehead atoms. The van der Waals surface area contributed by atoms with E-state index in [-0.39, 0.29) is 12.5 Å². The lowest BCUT2D eigenvalue weighted by atomic mass is 9.98. The third-order valence-corrected chi connectivity index (χ3v) is 6.20. The second-order valence-corrected chi connectivity index (χ2v) is 8.44. The van der Waals surface area contributed by atoms with Gasteiger partial charge >= 0.3 is 6.09 Å². The first-order valence-electron chi connectivity index (χ1n) is 10.7. The number of hydrogen-bond acceptors (Lipinski definition) is 5. The first kappa shape index (κ1) is 20.8. The van der Waals surface area contributed by atoms with Crippen molar-refractivity contribution in [3.05, 3.63) is 59.7 Å². The number of aliphatic hydroxyl groups excluding tert-OH is 1. The summed E-state index contributed by atoms with van der Waals surface area (Å²) < 4.78 is 5.66. The zero-order valence-corrected chi connectivity index (χ0v) is 17.8. The molecule has 160 valence electrons. The lowest BCUT2D eigenvalue weighted by Gasteiger charge is -2.34. The summed E-state index contributed by atoms with van der Waals surface area (Å²) in [7, 11) is 3.80. The van der Waals surface area contributed by atoms with Crippen molar-refractivity contribution >= 4 is 6.09 Å². The SMILES string of the molecule is CN1CCN(CC(O)CN(C)C(=O)OCC2c3ccccc3-c3ccccc32)CC1. The fraction of sp³-hybridized carbons (Fsp3) is 0.458. The first-order chi connectivity index (χ1) is 14.5. The highest BCUT2D eigenvalue weighted by Gasteiger charge is 2.29. The van der Waals surface area contributed by atoms with Gasteiger partial charge in [-0.05, 0) is 29.3 Å². The number of β-amino-alcohol motifs (C(OH)–C–C–N with tert-alkyl or cyclic N) is 1. The molecule has 1 aliphatic carbocycles. The molecule has 30 heavy (non-hydrogen) atoms. The molecular weight excluding hydrogens is 378 g/mol. The van der Waals surface area contributed by atoms with Gasteiger partial charge in [-0.2, -0.15) is 0 Å². The number of ether oxygens (including phenoxy) is 1. The van der Waals surface area contributed by atoms with Crippen LogP contribution in [0.4, 0.5) is 4.79 Å². The number of hydrogen-bond donors (Lipinski definition) is 1. The van der Waals surface area contributed by atoms with Crippen LogP contribution in [-0.4, -0.2) is 92.0 Å². The molecule has 1 fully saturated rings. The summed E-state index contributed by atoms with van der Waals surface area (Å²) in [5.41, 5.74) is 4.82. The Morgan fingerprint density at radius 1 is 1.07 bits per heavy atom. The highest BCUT2D eigenvalue weighted by Crippen LogP contribution is 2.44. The van der Waals surface area contributed by atoms with Gasteiger partial charge in [0, 0.05) is 45.7 Å². The quantitative estimate of drug-likeness (QED) is 0.794. The Bertz CT molecular complexity index is 834. The van der Waals surface area contributed by atoms with Gasteiger partial charge in [-0.25, -0.2) is 4.79 Å².